The summed E-state index contributed by atoms with van der Waals surface area (Å²) in [6.45, 7) is -0.504. The van der Waals surface area contributed by atoms with E-state index in [9.17, 15) is 9.59 Å². The predicted octanol–water partition coefficient (Wildman–Crippen LogP) is 2.00. The third kappa shape index (κ3) is 4.47. The minimum atomic E-state index is -1.12. The van der Waals surface area contributed by atoms with E-state index < -0.39 is 18.5 Å². The second-order valence-corrected chi connectivity index (χ2v) is 4.31. The summed E-state index contributed by atoms with van der Waals surface area (Å²) in [6, 6.07) is 6.41. The van der Waals surface area contributed by atoms with Gasteiger partial charge in [0.2, 0.25) is 0 Å². The summed E-state index contributed by atoms with van der Waals surface area (Å²) in [5.74, 6) is 1.13. The summed E-state index contributed by atoms with van der Waals surface area (Å²) in [4.78, 5) is 23.4. The van der Waals surface area contributed by atoms with Crippen molar-refractivity contribution in [1.29, 1.82) is 0 Å². The first-order valence-electron chi connectivity index (χ1n) is 4.99. The van der Waals surface area contributed by atoms with Gasteiger partial charge in [0, 0.05) is 10.2 Å². The first-order valence-corrected chi connectivity index (χ1v) is 5.79. The second-order valence-electron chi connectivity index (χ2n) is 3.39. The number of hydrogen-bond acceptors (Lipinski definition) is 2. The zero-order valence-corrected chi connectivity index (χ0v) is 11.0. The summed E-state index contributed by atoms with van der Waals surface area (Å²) in [6.07, 6.45) is 5.09. The number of nitrogens with zero attached hydrogens (tertiary/aromatic N) is 1. The van der Waals surface area contributed by atoms with Crippen LogP contribution in [0.5, 0.6) is 0 Å². The third-order valence-electron chi connectivity index (χ3n) is 1.97. The summed E-state index contributed by atoms with van der Waals surface area (Å²) in [5.41, 5.74) is 0.557. The van der Waals surface area contributed by atoms with E-state index in [0.717, 1.165) is 9.37 Å². The lowest BCUT2D eigenvalue weighted by Crippen LogP contribution is -2.39. The van der Waals surface area contributed by atoms with Crippen LogP contribution in [0.4, 0.5) is 10.5 Å². The Morgan fingerprint density at radius 3 is 2.78 bits per heavy atom. The summed E-state index contributed by atoms with van der Waals surface area (Å²) in [7, 11) is 0. The zero-order valence-electron chi connectivity index (χ0n) is 9.39. The minimum Gasteiger partial charge on any atom is -0.480 e. The van der Waals surface area contributed by atoms with Crippen LogP contribution in [0.25, 0.3) is 0 Å². The Kier molecular flexibility index (Phi) is 5.21. The molecule has 6 heteroatoms. The van der Waals surface area contributed by atoms with E-state index in [1.54, 1.807) is 18.2 Å². The molecule has 2 amide bonds. The highest BCUT2D eigenvalue weighted by Crippen LogP contribution is 2.15. The van der Waals surface area contributed by atoms with E-state index in [1.807, 2.05) is 6.07 Å². The molecule has 0 aliphatic rings. The summed E-state index contributed by atoms with van der Waals surface area (Å²) < 4.78 is 0.807. The van der Waals surface area contributed by atoms with E-state index in [1.165, 1.54) is 0 Å². The van der Waals surface area contributed by atoms with E-state index in [0.29, 0.717) is 5.69 Å². The second kappa shape index (κ2) is 6.67. The number of halogens is 1. The highest BCUT2D eigenvalue weighted by atomic mass is 79.9. The van der Waals surface area contributed by atoms with Crippen LogP contribution in [-0.2, 0) is 4.79 Å². The molecule has 0 saturated carbocycles. The van der Waals surface area contributed by atoms with Crippen LogP contribution in [0.1, 0.15) is 0 Å². The molecule has 1 rings (SSSR count). The van der Waals surface area contributed by atoms with Crippen LogP contribution in [0.15, 0.2) is 28.7 Å². The molecule has 2 N–H and O–H groups in total. The van der Waals surface area contributed by atoms with Crippen molar-refractivity contribution in [1.82, 2.24) is 4.90 Å². The summed E-state index contributed by atoms with van der Waals surface area (Å²) in [5, 5.41) is 11.2. The number of rotatable bonds is 4. The monoisotopic (exact) mass is 310 g/mol. The van der Waals surface area contributed by atoms with Gasteiger partial charge in [-0.15, -0.1) is 6.42 Å². The van der Waals surface area contributed by atoms with Crippen molar-refractivity contribution >= 4 is 33.6 Å². The Hall–Kier alpha value is -2.00. The van der Waals surface area contributed by atoms with Crippen LogP contribution < -0.4 is 5.32 Å². The lowest BCUT2D eigenvalue weighted by atomic mass is 10.3. The molecule has 0 bridgehead atoms. The van der Waals surface area contributed by atoms with Gasteiger partial charge in [-0.3, -0.25) is 4.79 Å². The molecule has 94 valence electrons. The highest BCUT2D eigenvalue weighted by molar-refractivity contribution is 9.10. The number of carbonyl (C=O) groups is 2. The molecule has 5 nitrogen and oxygen atoms in total. The van der Waals surface area contributed by atoms with Gasteiger partial charge in [0.25, 0.3) is 0 Å². The molecule has 18 heavy (non-hydrogen) atoms. The van der Waals surface area contributed by atoms with Gasteiger partial charge in [-0.05, 0) is 18.2 Å². The maximum atomic E-state index is 11.8. The Bertz CT molecular complexity index is 496. The van der Waals surface area contributed by atoms with Gasteiger partial charge in [0.15, 0.2) is 0 Å². The number of nitrogens with one attached hydrogen (secondary N) is 1. The zero-order chi connectivity index (χ0) is 13.5. The first-order chi connectivity index (χ1) is 8.52. The number of benzene rings is 1. The standard InChI is InChI=1S/C12H11BrN2O3/c1-2-6-15(8-11(16)17)12(18)14-10-5-3-4-9(13)7-10/h1,3-5,7H,6,8H2,(H,14,18)(H,16,17). The van der Waals surface area contributed by atoms with Crippen molar-refractivity contribution in [3.63, 3.8) is 0 Å². The van der Waals surface area contributed by atoms with Crippen molar-refractivity contribution in [2.75, 3.05) is 18.4 Å². The number of anilines is 1. The molecule has 0 aromatic heterocycles. The molecular formula is C12H11BrN2O3. The van der Waals surface area contributed by atoms with Gasteiger partial charge in [-0.2, -0.15) is 0 Å². The van der Waals surface area contributed by atoms with Crippen molar-refractivity contribution in [2.24, 2.45) is 0 Å². The average Bonchev–Trinajstić information content (AvgIpc) is 2.27. The van der Waals surface area contributed by atoms with Gasteiger partial charge in [-0.25, -0.2) is 4.79 Å². The molecule has 0 aliphatic carbocycles. The first kappa shape index (κ1) is 14.1. The van der Waals surface area contributed by atoms with E-state index in [4.69, 9.17) is 11.5 Å². The molecule has 0 spiro atoms. The van der Waals surface area contributed by atoms with Crippen molar-refractivity contribution in [3.05, 3.63) is 28.7 Å². The normalized spacial score (nSPS) is 9.33. The number of amides is 2. The van der Waals surface area contributed by atoms with Crippen LogP contribution in [-0.4, -0.2) is 35.1 Å². The number of carboxylic acids is 1. The van der Waals surface area contributed by atoms with Crippen LogP contribution >= 0.6 is 15.9 Å². The van der Waals surface area contributed by atoms with Gasteiger partial charge in [0.1, 0.15) is 6.54 Å². The van der Waals surface area contributed by atoms with Crippen LogP contribution in [0.2, 0.25) is 0 Å². The van der Waals surface area contributed by atoms with Crippen molar-refractivity contribution in [2.45, 2.75) is 0 Å². The van der Waals surface area contributed by atoms with Gasteiger partial charge in [0.05, 0.1) is 6.54 Å². The van der Waals surface area contributed by atoms with E-state index >= 15 is 0 Å². The molecule has 0 saturated heterocycles. The number of carbonyl (C=O) groups excluding carboxylic acids is 1. The third-order valence-corrected chi connectivity index (χ3v) is 2.46. The quantitative estimate of drug-likeness (QED) is 0.836. The minimum absolute atomic E-state index is 0.0634. The Morgan fingerprint density at radius 1 is 1.50 bits per heavy atom. The Labute approximate surface area is 113 Å². The van der Waals surface area contributed by atoms with Crippen LogP contribution in [0.3, 0.4) is 0 Å². The van der Waals surface area contributed by atoms with Crippen molar-refractivity contribution < 1.29 is 14.7 Å². The number of terminal acetylenes is 1. The molecular weight excluding hydrogens is 300 g/mol. The summed E-state index contributed by atoms with van der Waals surface area (Å²) >= 11 is 3.27. The predicted molar refractivity (Wildman–Crippen MR) is 71.2 cm³/mol. The smallest absolute Gasteiger partial charge is 0.323 e. The van der Waals surface area contributed by atoms with Gasteiger partial charge >= 0.3 is 12.0 Å². The number of aliphatic carboxylic acids is 1. The molecule has 0 atom stereocenters. The largest absolute Gasteiger partial charge is 0.480 e. The number of carboxylic acid groups (broad SMARTS) is 1. The molecule has 0 radical (unpaired) electrons. The topological polar surface area (TPSA) is 69.6 Å². The lowest BCUT2D eigenvalue weighted by molar-refractivity contribution is -0.137. The lowest BCUT2D eigenvalue weighted by Gasteiger charge is -2.18. The number of urea groups is 1. The molecule has 0 heterocycles. The fraction of sp³-hybridized carbons (Fsp3) is 0.167. The average molecular weight is 311 g/mol. The molecule has 1 aromatic rings. The SMILES string of the molecule is C#CCN(CC(=O)O)C(=O)Nc1cccc(Br)c1. The maximum absolute atomic E-state index is 11.8. The van der Waals surface area contributed by atoms with E-state index in [2.05, 4.69) is 27.2 Å². The number of hydrogen-bond donors (Lipinski definition) is 2. The van der Waals surface area contributed by atoms with Gasteiger partial charge in [-0.1, -0.05) is 27.9 Å². The van der Waals surface area contributed by atoms with Gasteiger partial charge < -0.3 is 15.3 Å². The fourth-order valence-corrected chi connectivity index (χ4v) is 1.64. The maximum Gasteiger partial charge on any atom is 0.323 e. The molecule has 1 aromatic carbocycles. The fourth-order valence-electron chi connectivity index (χ4n) is 1.24. The van der Waals surface area contributed by atoms with Crippen LogP contribution in [0, 0.1) is 12.3 Å². The van der Waals surface area contributed by atoms with Crippen molar-refractivity contribution in [3.8, 4) is 12.3 Å². The Morgan fingerprint density at radius 2 is 2.22 bits per heavy atom. The highest BCUT2D eigenvalue weighted by Gasteiger charge is 2.15. The molecule has 0 aliphatic heterocycles. The Balaban J connectivity index is 2.72. The molecule has 0 fully saturated rings. The van der Waals surface area contributed by atoms with E-state index in [-0.39, 0.29) is 6.54 Å². The molecule has 0 unspecified atom stereocenters.